The quantitative estimate of drug-likeness (QED) is 0.629. The van der Waals surface area contributed by atoms with Crippen molar-refractivity contribution in [3.8, 4) is 0 Å². The number of hydrogen-bond acceptors (Lipinski definition) is 5. The van der Waals surface area contributed by atoms with Crippen molar-refractivity contribution in [1.82, 2.24) is 0 Å². The second-order valence-corrected chi connectivity index (χ2v) is 6.78. The lowest BCUT2D eigenvalue weighted by Crippen LogP contribution is -2.15. The molecule has 0 aliphatic carbocycles. The van der Waals surface area contributed by atoms with Crippen LogP contribution in [0.2, 0.25) is 0 Å². The van der Waals surface area contributed by atoms with Crippen LogP contribution in [-0.2, 0) is 15.8 Å². The van der Waals surface area contributed by atoms with Gasteiger partial charge in [0.05, 0.1) is 21.9 Å². The molecule has 24 heavy (non-hydrogen) atoms. The number of nitro groups is 1. The van der Waals surface area contributed by atoms with E-state index >= 15 is 0 Å². The van der Waals surface area contributed by atoms with Crippen LogP contribution in [0, 0.1) is 17.0 Å². The molecule has 0 fully saturated rings. The number of nitro benzene ring substituents is 1. The number of sulfonamides is 1. The van der Waals surface area contributed by atoms with E-state index in [1.807, 2.05) is 0 Å². The van der Waals surface area contributed by atoms with E-state index in [9.17, 15) is 23.3 Å². The van der Waals surface area contributed by atoms with Crippen LogP contribution in [0.1, 0.15) is 21.5 Å². The van der Waals surface area contributed by atoms with E-state index in [1.165, 1.54) is 36.4 Å². The summed E-state index contributed by atoms with van der Waals surface area (Å²) in [4.78, 5) is 22.6. The van der Waals surface area contributed by atoms with Crippen molar-refractivity contribution >= 4 is 27.3 Å². The highest BCUT2D eigenvalue weighted by molar-refractivity contribution is 7.88. The number of amides is 1. The Morgan fingerprint density at radius 3 is 2.38 bits per heavy atom. The Labute approximate surface area is 138 Å². The number of nitrogens with one attached hydrogen (secondary N) is 1. The van der Waals surface area contributed by atoms with Gasteiger partial charge in [-0.1, -0.05) is 18.2 Å². The fourth-order valence-corrected chi connectivity index (χ4v) is 2.79. The number of primary sulfonamides is 1. The van der Waals surface area contributed by atoms with Crippen LogP contribution in [0.3, 0.4) is 0 Å². The largest absolute Gasteiger partial charge is 0.321 e. The topological polar surface area (TPSA) is 132 Å². The van der Waals surface area contributed by atoms with Crippen LogP contribution < -0.4 is 10.5 Å². The van der Waals surface area contributed by atoms with Crippen LogP contribution in [0.5, 0.6) is 0 Å². The van der Waals surface area contributed by atoms with Crippen LogP contribution >= 0.6 is 0 Å². The van der Waals surface area contributed by atoms with Crippen molar-refractivity contribution in [3.05, 3.63) is 69.3 Å². The van der Waals surface area contributed by atoms with E-state index in [0.29, 0.717) is 22.4 Å². The molecule has 8 nitrogen and oxygen atoms in total. The third-order valence-electron chi connectivity index (χ3n) is 3.33. The van der Waals surface area contributed by atoms with E-state index in [-0.39, 0.29) is 11.4 Å². The van der Waals surface area contributed by atoms with Gasteiger partial charge in [-0.15, -0.1) is 0 Å². The summed E-state index contributed by atoms with van der Waals surface area (Å²) in [6.07, 6.45) is 0. The Kier molecular flexibility index (Phi) is 4.96. The maximum Gasteiger partial charge on any atom is 0.274 e. The first kappa shape index (κ1) is 17.6. The number of carbonyl (C=O) groups excluding carboxylic acids is 1. The smallest absolute Gasteiger partial charge is 0.274 e. The van der Waals surface area contributed by atoms with E-state index in [4.69, 9.17) is 5.14 Å². The predicted molar refractivity (Wildman–Crippen MR) is 89.0 cm³/mol. The molecule has 2 aromatic carbocycles. The Morgan fingerprint density at radius 1 is 1.21 bits per heavy atom. The molecule has 3 N–H and O–H groups in total. The SMILES string of the molecule is Cc1c(NC(=O)c2ccc(CS(N)(=O)=O)cc2)cccc1[N+](=O)[O-]. The van der Waals surface area contributed by atoms with Crippen molar-refractivity contribution in [2.24, 2.45) is 5.14 Å². The van der Waals surface area contributed by atoms with Gasteiger partial charge < -0.3 is 5.32 Å². The number of hydrogen-bond donors (Lipinski definition) is 2. The Bertz CT molecular complexity index is 892. The fourth-order valence-electron chi connectivity index (χ4n) is 2.14. The standard InChI is InChI=1S/C15H15N3O5S/c1-10-13(3-2-4-14(10)18(20)21)17-15(19)12-7-5-11(6-8-12)9-24(16,22)23/h2-8H,9H2,1H3,(H,17,19)(H2,16,22,23). The molecule has 126 valence electrons. The molecule has 2 rings (SSSR count). The molecule has 0 bridgehead atoms. The lowest BCUT2D eigenvalue weighted by atomic mass is 10.1. The Hall–Kier alpha value is -2.78. The monoisotopic (exact) mass is 349 g/mol. The van der Waals surface area contributed by atoms with Gasteiger partial charge in [0, 0.05) is 11.6 Å². The van der Waals surface area contributed by atoms with E-state index in [1.54, 1.807) is 13.0 Å². The molecular weight excluding hydrogens is 334 g/mol. The maximum atomic E-state index is 12.2. The van der Waals surface area contributed by atoms with Gasteiger partial charge in [-0.05, 0) is 30.7 Å². The number of carbonyl (C=O) groups is 1. The highest BCUT2D eigenvalue weighted by Gasteiger charge is 2.15. The molecule has 0 heterocycles. The van der Waals surface area contributed by atoms with Gasteiger partial charge in [-0.25, -0.2) is 13.6 Å². The predicted octanol–water partition coefficient (Wildman–Crippen LogP) is 1.94. The fraction of sp³-hybridized carbons (Fsp3) is 0.133. The zero-order valence-corrected chi connectivity index (χ0v) is 13.5. The van der Waals surface area contributed by atoms with Crippen molar-refractivity contribution in [2.45, 2.75) is 12.7 Å². The number of benzene rings is 2. The van der Waals surface area contributed by atoms with Crippen LogP contribution in [0.15, 0.2) is 42.5 Å². The molecule has 0 unspecified atom stereocenters. The lowest BCUT2D eigenvalue weighted by molar-refractivity contribution is -0.385. The highest BCUT2D eigenvalue weighted by Crippen LogP contribution is 2.25. The van der Waals surface area contributed by atoms with Crippen molar-refractivity contribution in [3.63, 3.8) is 0 Å². The highest BCUT2D eigenvalue weighted by atomic mass is 32.2. The molecule has 0 saturated carbocycles. The van der Waals surface area contributed by atoms with E-state index in [0.717, 1.165) is 0 Å². The van der Waals surface area contributed by atoms with E-state index in [2.05, 4.69) is 5.32 Å². The molecule has 0 aromatic heterocycles. The zero-order valence-electron chi connectivity index (χ0n) is 12.7. The van der Waals surface area contributed by atoms with Gasteiger partial charge in [0.15, 0.2) is 0 Å². The second kappa shape index (κ2) is 6.77. The minimum atomic E-state index is -3.64. The first-order valence-corrected chi connectivity index (χ1v) is 8.53. The molecule has 1 amide bonds. The summed E-state index contributed by atoms with van der Waals surface area (Å²) in [5, 5.41) is 18.5. The number of nitrogens with two attached hydrogens (primary N) is 1. The Balaban J connectivity index is 2.19. The average Bonchev–Trinajstić information content (AvgIpc) is 2.48. The third-order valence-corrected chi connectivity index (χ3v) is 4.07. The van der Waals surface area contributed by atoms with Crippen molar-refractivity contribution < 1.29 is 18.1 Å². The molecule has 0 spiro atoms. The summed E-state index contributed by atoms with van der Waals surface area (Å²) in [7, 11) is -3.64. The summed E-state index contributed by atoms with van der Waals surface area (Å²) in [6, 6.07) is 10.3. The molecule has 0 radical (unpaired) electrons. The van der Waals surface area contributed by atoms with Crippen molar-refractivity contribution in [1.29, 1.82) is 0 Å². The Morgan fingerprint density at radius 2 is 1.83 bits per heavy atom. The van der Waals surface area contributed by atoms with Gasteiger partial charge in [-0.3, -0.25) is 14.9 Å². The molecule has 0 saturated heterocycles. The molecule has 0 aliphatic heterocycles. The first-order valence-electron chi connectivity index (χ1n) is 6.82. The second-order valence-electron chi connectivity index (χ2n) is 5.17. The summed E-state index contributed by atoms with van der Waals surface area (Å²) in [6.45, 7) is 1.54. The minimum Gasteiger partial charge on any atom is -0.321 e. The molecule has 9 heteroatoms. The first-order chi connectivity index (χ1) is 11.2. The van der Waals surface area contributed by atoms with Gasteiger partial charge >= 0.3 is 0 Å². The zero-order chi connectivity index (χ0) is 17.9. The summed E-state index contributed by atoms with van der Waals surface area (Å²) in [5.41, 5.74) is 1.35. The van der Waals surface area contributed by atoms with Crippen LogP contribution in [0.25, 0.3) is 0 Å². The summed E-state index contributed by atoms with van der Waals surface area (Å²) in [5.74, 6) is -0.778. The molecule has 0 aliphatic rings. The maximum absolute atomic E-state index is 12.2. The van der Waals surface area contributed by atoms with Crippen LogP contribution in [0.4, 0.5) is 11.4 Å². The number of nitrogens with zero attached hydrogens (tertiary/aromatic N) is 1. The summed E-state index contributed by atoms with van der Waals surface area (Å²) >= 11 is 0. The molecule has 0 atom stereocenters. The van der Waals surface area contributed by atoms with Gasteiger partial charge in [0.2, 0.25) is 10.0 Å². The summed E-state index contributed by atoms with van der Waals surface area (Å²) < 4.78 is 22.1. The van der Waals surface area contributed by atoms with Gasteiger partial charge in [0.1, 0.15) is 0 Å². The van der Waals surface area contributed by atoms with E-state index < -0.39 is 20.9 Å². The normalized spacial score (nSPS) is 11.1. The van der Waals surface area contributed by atoms with Crippen molar-refractivity contribution in [2.75, 3.05) is 5.32 Å². The average molecular weight is 349 g/mol. The molecular formula is C15H15N3O5S. The third kappa shape index (κ3) is 4.37. The van der Waals surface area contributed by atoms with Gasteiger partial charge in [0.25, 0.3) is 11.6 Å². The van der Waals surface area contributed by atoms with Gasteiger partial charge in [-0.2, -0.15) is 0 Å². The molecule has 2 aromatic rings. The lowest BCUT2D eigenvalue weighted by Gasteiger charge is -2.09. The number of rotatable bonds is 5. The minimum absolute atomic E-state index is 0.0868. The number of anilines is 1. The van der Waals surface area contributed by atoms with Crippen LogP contribution in [-0.4, -0.2) is 19.2 Å².